The summed E-state index contributed by atoms with van der Waals surface area (Å²) in [6.07, 6.45) is 4.61. The van der Waals surface area contributed by atoms with E-state index < -0.39 is 0 Å². The maximum absolute atomic E-state index is 5.57. The van der Waals surface area contributed by atoms with E-state index in [2.05, 4.69) is 41.6 Å². The number of aromatic nitrogens is 2. The zero-order chi connectivity index (χ0) is 11.5. The lowest BCUT2D eigenvalue weighted by molar-refractivity contribution is 0.836. The van der Waals surface area contributed by atoms with E-state index in [0.717, 1.165) is 12.2 Å². The molecule has 0 amide bonds. The lowest BCUT2D eigenvalue weighted by atomic mass is 10.1. The molecule has 3 heteroatoms. The molecule has 84 valence electrons. The Balaban J connectivity index is 2.45. The Hall–Kier alpha value is -1.61. The van der Waals surface area contributed by atoms with Crippen LogP contribution in [-0.4, -0.2) is 16.1 Å². The predicted molar refractivity (Wildman–Crippen MR) is 65.8 cm³/mol. The van der Waals surface area contributed by atoms with E-state index in [-0.39, 0.29) is 0 Å². The molecular weight excluding hydrogens is 198 g/mol. The fraction of sp³-hybridized carbons (Fsp3) is 0.308. The van der Waals surface area contributed by atoms with E-state index in [1.807, 2.05) is 12.4 Å². The van der Waals surface area contributed by atoms with Crippen molar-refractivity contribution in [3.8, 4) is 5.69 Å². The Kier molecular flexibility index (Phi) is 3.06. The molecule has 0 aliphatic carbocycles. The topological polar surface area (TPSA) is 43.8 Å². The van der Waals surface area contributed by atoms with Gasteiger partial charge in [0.1, 0.15) is 5.82 Å². The molecule has 1 heterocycles. The molecule has 1 aromatic carbocycles. The van der Waals surface area contributed by atoms with E-state index in [9.17, 15) is 0 Å². The Morgan fingerprint density at radius 2 is 1.88 bits per heavy atom. The van der Waals surface area contributed by atoms with Crippen LogP contribution in [0.25, 0.3) is 5.69 Å². The van der Waals surface area contributed by atoms with Crippen LogP contribution >= 0.6 is 0 Å². The third-order valence-electron chi connectivity index (χ3n) is 2.57. The van der Waals surface area contributed by atoms with Gasteiger partial charge in [-0.1, -0.05) is 6.07 Å². The molecule has 2 N–H and O–H groups in total. The molecular formula is C13H17N3. The van der Waals surface area contributed by atoms with Crippen molar-refractivity contribution in [2.24, 2.45) is 5.73 Å². The molecule has 0 aliphatic rings. The normalized spacial score (nSPS) is 10.7. The van der Waals surface area contributed by atoms with Gasteiger partial charge in [-0.25, -0.2) is 4.98 Å². The first-order chi connectivity index (χ1) is 7.70. The Morgan fingerprint density at radius 1 is 1.19 bits per heavy atom. The molecule has 16 heavy (non-hydrogen) atoms. The number of rotatable bonds is 3. The van der Waals surface area contributed by atoms with Gasteiger partial charge in [-0.3, -0.25) is 0 Å². The average molecular weight is 215 g/mol. The fourth-order valence-electron chi connectivity index (χ4n) is 1.97. The second-order valence-corrected chi connectivity index (χ2v) is 4.10. The highest BCUT2D eigenvalue weighted by Crippen LogP contribution is 2.15. The summed E-state index contributed by atoms with van der Waals surface area (Å²) in [5.74, 6) is 1.02. The van der Waals surface area contributed by atoms with Gasteiger partial charge in [0.2, 0.25) is 0 Å². The highest BCUT2D eigenvalue weighted by Gasteiger charge is 2.04. The van der Waals surface area contributed by atoms with Gasteiger partial charge in [-0.05, 0) is 43.7 Å². The number of benzene rings is 1. The molecule has 1 aromatic heterocycles. The molecule has 0 radical (unpaired) electrons. The monoisotopic (exact) mass is 215 g/mol. The van der Waals surface area contributed by atoms with Crippen LogP contribution in [0.15, 0.2) is 30.6 Å². The van der Waals surface area contributed by atoms with E-state index >= 15 is 0 Å². The van der Waals surface area contributed by atoms with E-state index in [1.54, 1.807) is 0 Å². The summed E-state index contributed by atoms with van der Waals surface area (Å²) in [7, 11) is 0. The number of nitrogens with two attached hydrogens (primary N) is 1. The fourth-order valence-corrected chi connectivity index (χ4v) is 1.97. The van der Waals surface area contributed by atoms with Crippen LogP contribution < -0.4 is 5.73 Å². The summed E-state index contributed by atoms with van der Waals surface area (Å²) in [6, 6.07) is 6.49. The van der Waals surface area contributed by atoms with Crippen molar-refractivity contribution in [2.75, 3.05) is 6.54 Å². The van der Waals surface area contributed by atoms with Crippen LogP contribution in [0.2, 0.25) is 0 Å². The van der Waals surface area contributed by atoms with Crippen molar-refractivity contribution >= 4 is 0 Å². The number of hydrogen-bond acceptors (Lipinski definition) is 2. The quantitative estimate of drug-likeness (QED) is 0.851. The van der Waals surface area contributed by atoms with Crippen LogP contribution in [0.3, 0.4) is 0 Å². The standard InChI is InChI=1S/C13H17N3/c1-10-7-11(2)9-12(8-10)16-6-5-15-13(16)3-4-14/h5-9H,3-4,14H2,1-2H3. The smallest absolute Gasteiger partial charge is 0.114 e. The predicted octanol–water partition coefficient (Wildman–Crippen LogP) is 1.99. The molecule has 0 saturated heterocycles. The molecule has 0 bridgehead atoms. The molecule has 0 saturated carbocycles. The minimum atomic E-state index is 0.627. The zero-order valence-electron chi connectivity index (χ0n) is 9.77. The second kappa shape index (κ2) is 4.49. The van der Waals surface area contributed by atoms with Gasteiger partial charge in [0.25, 0.3) is 0 Å². The van der Waals surface area contributed by atoms with Crippen molar-refractivity contribution in [1.29, 1.82) is 0 Å². The highest BCUT2D eigenvalue weighted by molar-refractivity contribution is 5.40. The summed E-state index contributed by atoms with van der Waals surface area (Å²) in [5.41, 5.74) is 9.27. The number of aryl methyl sites for hydroxylation is 2. The zero-order valence-corrected chi connectivity index (χ0v) is 9.77. The number of hydrogen-bond donors (Lipinski definition) is 1. The first-order valence-corrected chi connectivity index (χ1v) is 5.51. The van der Waals surface area contributed by atoms with E-state index in [0.29, 0.717) is 6.54 Å². The first-order valence-electron chi connectivity index (χ1n) is 5.51. The molecule has 0 unspecified atom stereocenters. The maximum atomic E-state index is 5.57. The van der Waals surface area contributed by atoms with Crippen LogP contribution in [-0.2, 0) is 6.42 Å². The average Bonchev–Trinajstić information content (AvgIpc) is 2.65. The number of imidazole rings is 1. The minimum absolute atomic E-state index is 0.627. The van der Waals surface area contributed by atoms with Crippen LogP contribution in [0.5, 0.6) is 0 Å². The Bertz CT molecular complexity index is 465. The van der Waals surface area contributed by atoms with Crippen molar-refractivity contribution in [2.45, 2.75) is 20.3 Å². The van der Waals surface area contributed by atoms with Gasteiger partial charge in [-0.2, -0.15) is 0 Å². The lowest BCUT2D eigenvalue weighted by Crippen LogP contribution is -2.08. The van der Waals surface area contributed by atoms with Crippen LogP contribution in [0.4, 0.5) is 0 Å². The maximum Gasteiger partial charge on any atom is 0.114 e. The van der Waals surface area contributed by atoms with Gasteiger partial charge >= 0.3 is 0 Å². The third kappa shape index (κ3) is 2.14. The van der Waals surface area contributed by atoms with Gasteiger partial charge in [0.15, 0.2) is 0 Å². The molecule has 0 spiro atoms. The molecule has 0 atom stereocenters. The molecule has 0 aliphatic heterocycles. The molecule has 0 fully saturated rings. The molecule has 2 rings (SSSR count). The Labute approximate surface area is 95.9 Å². The van der Waals surface area contributed by atoms with Gasteiger partial charge in [0, 0.05) is 24.5 Å². The lowest BCUT2D eigenvalue weighted by Gasteiger charge is -2.09. The Morgan fingerprint density at radius 3 is 2.50 bits per heavy atom. The van der Waals surface area contributed by atoms with E-state index in [4.69, 9.17) is 5.73 Å². The van der Waals surface area contributed by atoms with Gasteiger partial charge in [-0.15, -0.1) is 0 Å². The van der Waals surface area contributed by atoms with Crippen molar-refractivity contribution in [1.82, 2.24) is 9.55 Å². The summed E-state index contributed by atoms with van der Waals surface area (Å²) in [4.78, 5) is 4.32. The summed E-state index contributed by atoms with van der Waals surface area (Å²) in [6.45, 7) is 4.84. The van der Waals surface area contributed by atoms with Crippen LogP contribution in [0, 0.1) is 13.8 Å². The number of nitrogens with zero attached hydrogens (tertiary/aromatic N) is 2. The summed E-state index contributed by atoms with van der Waals surface area (Å²) < 4.78 is 2.10. The van der Waals surface area contributed by atoms with E-state index in [1.165, 1.54) is 16.8 Å². The minimum Gasteiger partial charge on any atom is -0.330 e. The molecule has 2 aromatic rings. The van der Waals surface area contributed by atoms with Gasteiger partial charge in [0.05, 0.1) is 0 Å². The molecule has 3 nitrogen and oxygen atoms in total. The SMILES string of the molecule is Cc1cc(C)cc(-n2ccnc2CCN)c1. The second-order valence-electron chi connectivity index (χ2n) is 4.10. The summed E-state index contributed by atoms with van der Waals surface area (Å²) >= 11 is 0. The van der Waals surface area contributed by atoms with Gasteiger partial charge < -0.3 is 10.3 Å². The third-order valence-corrected chi connectivity index (χ3v) is 2.57. The highest BCUT2D eigenvalue weighted by atomic mass is 15.1. The van der Waals surface area contributed by atoms with Crippen molar-refractivity contribution in [3.05, 3.63) is 47.5 Å². The van der Waals surface area contributed by atoms with Crippen molar-refractivity contribution < 1.29 is 0 Å². The van der Waals surface area contributed by atoms with Crippen LogP contribution in [0.1, 0.15) is 17.0 Å². The van der Waals surface area contributed by atoms with Crippen molar-refractivity contribution in [3.63, 3.8) is 0 Å². The first kappa shape index (κ1) is 10.9. The largest absolute Gasteiger partial charge is 0.330 e. The summed E-state index contributed by atoms with van der Waals surface area (Å²) in [5, 5.41) is 0.